The van der Waals surface area contributed by atoms with Crippen LogP contribution < -0.4 is 5.32 Å². The van der Waals surface area contributed by atoms with E-state index in [1.165, 1.54) is 19.1 Å². The van der Waals surface area contributed by atoms with Crippen molar-refractivity contribution in [2.75, 3.05) is 19.6 Å². The van der Waals surface area contributed by atoms with E-state index < -0.39 is 0 Å². The van der Waals surface area contributed by atoms with Gasteiger partial charge in [-0.15, -0.1) is 0 Å². The maximum absolute atomic E-state index is 12.7. The van der Waals surface area contributed by atoms with Crippen molar-refractivity contribution in [3.63, 3.8) is 0 Å². The number of amides is 2. The van der Waals surface area contributed by atoms with Gasteiger partial charge in [0.25, 0.3) is 0 Å². The molecule has 0 spiro atoms. The molecule has 1 aliphatic rings. The van der Waals surface area contributed by atoms with E-state index in [4.69, 9.17) is 0 Å². The lowest BCUT2D eigenvalue weighted by Crippen LogP contribution is -2.55. The molecule has 0 radical (unpaired) electrons. The number of rotatable bonds is 4. The summed E-state index contributed by atoms with van der Waals surface area (Å²) in [5.74, 6) is -0.348. The molecule has 0 saturated carbocycles. The highest BCUT2D eigenvalue weighted by Gasteiger charge is 2.33. The molecular weight excluding hydrogens is 247 g/mol. The lowest BCUT2D eigenvalue weighted by molar-refractivity contribution is -0.141. The Kier molecular flexibility index (Phi) is 4.14. The number of nitrogens with zero attached hydrogens (tertiary/aromatic N) is 1. The normalized spacial score (nSPS) is 14.9. The summed E-state index contributed by atoms with van der Waals surface area (Å²) in [6.45, 7) is 3.05. The van der Waals surface area contributed by atoms with Gasteiger partial charge in [0.15, 0.2) is 0 Å². The van der Waals surface area contributed by atoms with Crippen LogP contribution in [0, 0.1) is 11.7 Å². The van der Waals surface area contributed by atoms with Gasteiger partial charge in [0.05, 0.1) is 5.92 Å². The second-order valence-electron chi connectivity index (χ2n) is 4.79. The minimum absolute atomic E-state index is 0.00959. The number of carbonyl (C=O) groups excluding carboxylic acids is 2. The molecule has 102 valence electrons. The van der Waals surface area contributed by atoms with Crippen LogP contribution in [-0.2, 0) is 16.0 Å². The van der Waals surface area contributed by atoms with Crippen LogP contribution in [0.3, 0.4) is 0 Å². The molecule has 0 unspecified atom stereocenters. The largest absolute Gasteiger partial charge is 0.355 e. The summed E-state index contributed by atoms with van der Waals surface area (Å²) in [6, 6.07) is 6.24. The third kappa shape index (κ3) is 3.53. The molecular formula is C14H17FN2O2. The molecule has 2 rings (SSSR count). The zero-order valence-electron chi connectivity index (χ0n) is 10.9. The Hall–Kier alpha value is -1.91. The Labute approximate surface area is 111 Å². The standard InChI is InChI=1S/C14H17FN2O2/c1-10(18)17-8-12(9-17)14(19)16-7-6-11-2-4-13(15)5-3-11/h2-5,12H,6-9H2,1H3,(H,16,19). The average Bonchev–Trinajstić information content (AvgIpc) is 2.29. The molecule has 1 heterocycles. The monoisotopic (exact) mass is 264 g/mol. The van der Waals surface area contributed by atoms with Gasteiger partial charge in [0.2, 0.25) is 11.8 Å². The predicted octanol–water partition coefficient (Wildman–Crippen LogP) is 0.963. The summed E-state index contributed by atoms with van der Waals surface area (Å²) in [7, 11) is 0. The maximum Gasteiger partial charge on any atom is 0.226 e. The van der Waals surface area contributed by atoms with Crippen molar-refractivity contribution in [3.8, 4) is 0 Å². The van der Waals surface area contributed by atoms with Gasteiger partial charge < -0.3 is 10.2 Å². The number of carbonyl (C=O) groups is 2. The highest BCUT2D eigenvalue weighted by Crippen LogP contribution is 2.15. The third-order valence-electron chi connectivity index (χ3n) is 3.32. The molecule has 2 amide bonds. The Balaban J connectivity index is 1.68. The highest BCUT2D eigenvalue weighted by molar-refractivity contribution is 5.83. The summed E-state index contributed by atoms with van der Waals surface area (Å²) in [5, 5.41) is 2.84. The summed E-state index contributed by atoms with van der Waals surface area (Å²) in [4.78, 5) is 24.4. The van der Waals surface area contributed by atoms with Crippen LogP contribution in [0.25, 0.3) is 0 Å². The molecule has 1 aromatic rings. The first kappa shape index (κ1) is 13.5. The van der Waals surface area contributed by atoms with Gasteiger partial charge in [0, 0.05) is 26.6 Å². The van der Waals surface area contributed by atoms with E-state index in [0.29, 0.717) is 26.1 Å². The molecule has 1 fully saturated rings. The smallest absolute Gasteiger partial charge is 0.226 e. The Morgan fingerprint density at radius 1 is 1.32 bits per heavy atom. The summed E-state index contributed by atoms with van der Waals surface area (Å²) in [6.07, 6.45) is 0.676. The zero-order chi connectivity index (χ0) is 13.8. The summed E-state index contributed by atoms with van der Waals surface area (Å²) < 4.78 is 12.7. The minimum Gasteiger partial charge on any atom is -0.355 e. The molecule has 0 atom stereocenters. The third-order valence-corrected chi connectivity index (χ3v) is 3.32. The van der Waals surface area contributed by atoms with Crippen LogP contribution in [0.15, 0.2) is 24.3 Å². The topological polar surface area (TPSA) is 49.4 Å². The van der Waals surface area contributed by atoms with E-state index in [1.807, 2.05) is 0 Å². The first-order valence-corrected chi connectivity index (χ1v) is 6.34. The van der Waals surface area contributed by atoms with Crippen molar-refractivity contribution >= 4 is 11.8 Å². The van der Waals surface area contributed by atoms with Gasteiger partial charge >= 0.3 is 0 Å². The van der Waals surface area contributed by atoms with Gasteiger partial charge in [-0.25, -0.2) is 4.39 Å². The first-order valence-electron chi connectivity index (χ1n) is 6.34. The molecule has 1 saturated heterocycles. The van der Waals surface area contributed by atoms with E-state index in [2.05, 4.69) is 5.32 Å². The molecule has 19 heavy (non-hydrogen) atoms. The lowest BCUT2D eigenvalue weighted by atomic mass is 9.99. The van der Waals surface area contributed by atoms with Crippen LogP contribution in [0.1, 0.15) is 12.5 Å². The number of hydrogen-bond donors (Lipinski definition) is 1. The predicted molar refractivity (Wildman–Crippen MR) is 68.9 cm³/mol. The summed E-state index contributed by atoms with van der Waals surface area (Å²) in [5.41, 5.74) is 0.987. The SMILES string of the molecule is CC(=O)N1CC(C(=O)NCCc2ccc(F)cc2)C1. The van der Waals surface area contributed by atoms with Gasteiger partial charge in [0.1, 0.15) is 5.82 Å². The summed E-state index contributed by atoms with van der Waals surface area (Å²) >= 11 is 0. The molecule has 1 aromatic carbocycles. The van der Waals surface area contributed by atoms with Gasteiger partial charge in [-0.1, -0.05) is 12.1 Å². The van der Waals surface area contributed by atoms with Crippen LogP contribution in [0.2, 0.25) is 0 Å². The second-order valence-corrected chi connectivity index (χ2v) is 4.79. The van der Waals surface area contributed by atoms with E-state index in [0.717, 1.165) is 5.56 Å². The Morgan fingerprint density at radius 3 is 2.53 bits per heavy atom. The zero-order valence-corrected chi connectivity index (χ0v) is 10.9. The van der Waals surface area contributed by atoms with E-state index in [9.17, 15) is 14.0 Å². The fraction of sp³-hybridized carbons (Fsp3) is 0.429. The van der Waals surface area contributed by atoms with Crippen molar-refractivity contribution < 1.29 is 14.0 Å². The van der Waals surface area contributed by atoms with E-state index in [-0.39, 0.29) is 23.5 Å². The van der Waals surface area contributed by atoms with Crippen LogP contribution >= 0.6 is 0 Å². The van der Waals surface area contributed by atoms with Crippen molar-refractivity contribution in [1.82, 2.24) is 10.2 Å². The first-order chi connectivity index (χ1) is 9.06. The average molecular weight is 264 g/mol. The number of likely N-dealkylation sites (tertiary alicyclic amines) is 1. The molecule has 1 aliphatic heterocycles. The lowest BCUT2D eigenvalue weighted by Gasteiger charge is -2.37. The number of halogens is 1. The molecule has 1 N–H and O–H groups in total. The molecule has 0 aliphatic carbocycles. The number of hydrogen-bond acceptors (Lipinski definition) is 2. The van der Waals surface area contributed by atoms with E-state index in [1.54, 1.807) is 17.0 Å². The van der Waals surface area contributed by atoms with E-state index >= 15 is 0 Å². The van der Waals surface area contributed by atoms with Gasteiger partial charge in [-0.3, -0.25) is 9.59 Å². The number of nitrogens with one attached hydrogen (secondary N) is 1. The molecule has 0 aromatic heterocycles. The highest BCUT2D eigenvalue weighted by atomic mass is 19.1. The van der Waals surface area contributed by atoms with Crippen molar-refractivity contribution in [1.29, 1.82) is 0 Å². The molecule has 0 bridgehead atoms. The van der Waals surface area contributed by atoms with Crippen LogP contribution in [-0.4, -0.2) is 36.3 Å². The Morgan fingerprint density at radius 2 is 1.95 bits per heavy atom. The van der Waals surface area contributed by atoms with Crippen LogP contribution in [0.4, 0.5) is 4.39 Å². The maximum atomic E-state index is 12.7. The minimum atomic E-state index is -0.258. The fourth-order valence-electron chi connectivity index (χ4n) is 2.03. The molecule has 4 nitrogen and oxygen atoms in total. The van der Waals surface area contributed by atoms with Gasteiger partial charge in [-0.05, 0) is 24.1 Å². The van der Waals surface area contributed by atoms with Crippen molar-refractivity contribution in [2.45, 2.75) is 13.3 Å². The van der Waals surface area contributed by atoms with Gasteiger partial charge in [-0.2, -0.15) is 0 Å². The van der Waals surface area contributed by atoms with Crippen molar-refractivity contribution in [3.05, 3.63) is 35.6 Å². The second kappa shape index (κ2) is 5.82. The molecule has 5 heteroatoms. The van der Waals surface area contributed by atoms with Crippen molar-refractivity contribution in [2.24, 2.45) is 5.92 Å². The quantitative estimate of drug-likeness (QED) is 0.880. The van der Waals surface area contributed by atoms with Crippen LogP contribution in [0.5, 0.6) is 0 Å². The fourth-order valence-corrected chi connectivity index (χ4v) is 2.03. The Bertz CT molecular complexity index is 467. The number of benzene rings is 1.